The second kappa shape index (κ2) is 16.5. The molecular formula is C44H48ClN9O6. The Kier molecular flexibility index (Phi) is 10.9. The molecule has 6 aliphatic rings. The molecule has 0 bridgehead atoms. The number of fused-ring (bicyclic) bond motifs is 1. The van der Waals surface area contributed by atoms with Crippen LogP contribution in [0.4, 0.5) is 11.5 Å². The smallest absolute Gasteiger partial charge is 0.272 e. The Labute approximate surface area is 353 Å². The lowest BCUT2D eigenvalue weighted by Gasteiger charge is -2.54. The first-order valence-electron chi connectivity index (χ1n) is 21.1. The summed E-state index contributed by atoms with van der Waals surface area (Å²) in [6, 6.07) is 15.3. The molecule has 5 fully saturated rings. The summed E-state index contributed by atoms with van der Waals surface area (Å²) in [5, 5.41) is 23.6. The maximum absolute atomic E-state index is 13.3. The van der Waals surface area contributed by atoms with E-state index < -0.39 is 23.8 Å². The van der Waals surface area contributed by atoms with Crippen LogP contribution in [0.3, 0.4) is 0 Å². The van der Waals surface area contributed by atoms with Crippen LogP contribution >= 0.6 is 11.6 Å². The largest absolute Gasteiger partial charge is 0.490 e. The number of aromatic nitrogens is 2. The number of benzene rings is 2. The van der Waals surface area contributed by atoms with E-state index in [2.05, 4.69) is 41.6 Å². The first-order chi connectivity index (χ1) is 29.0. The average molecular weight is 834 g/mol. The fourth-order valence-corrected chi connectivity index (χ4v) is 10.1. The first-order valence-corrected chi connectivity index (χ1v) is 21.5. The monoisotopic (exact) mass is 833 g/mol. The van der Waals surface area contributed by atoms with Crippen LogP contribution in [0.2, 0.25) is 5.02 Å². The highest BCUT2D eigenvalue weighted by Gasteiger charge is 2.47. The molecule has 1 unspecified atom stereocenters. The number of imide groups is 2. The number of halogens is 1. The van der Waals surface area contributed by atoms with Gasteiger partial charge >= 0.3 is 0 Å². The molecule has 9 rings (SSSR count). The third-order valence-electron chi connectivity index (χ3n) is 13.5. The second-order valence-electron chi connectivity index (χ2n) is 17.4. The summed E-state index contributed by atoms with van der Waals surface area (Å²) in [4.78, 5) is 71.7. The first kappa shape index (κ1) is 39.8. The van der Waals surface area contributed by atoms with E-state index in [1.54, 1.807) is 36.4 Å². The van der Waals surface area contributed by atoms with E-state index in [0.29, 0.717) is 39.1 Å². The molecule has 5 amide bonds. The van der Waals surface area contributed by atoms with Crippen molar-refractivity contribution < 1.29 is 28.7 Å². The molecule has 16 heteroatoms. The fraction of sp³-hybridized carbons (Fsp3) is 0.500. The SMILES string of the molecule is N#Cc1ccc(OC2CCC(NC(=O)c3ccc(N4CC5(CCN(CC6CCN(c7ccc8c(c7)C(=O)N(C7CCC(=O)NC7=O)C8=O)CC6)CC5)C4)nn3)CC2)cc1Cl. The highest BCUT2D eigenvalue weighted by Crippen LogP contribution is 2.42. The number of amides is 5. The number of hydrogen-bond donors (Lipinski definition) is 2. The summed E-state index contributed by atoms with van der Waals surface area (Å²) in [5.74, 6) is -0.129. The summed E-state index contributed by atoms with van der Waals surface area (Å²) < 4.78 is 6.09. The maximum atomic E-state index is 13.3. The van der Waals surface area contributed by atoms with Crippen molar-refractivity contribution >= 4 is 52.6 Å². The predicted octanol–water partition coefficient (Wildman–Crippen LogP) is 4.34. The number of hydrogen-bond acceptors (Lipinski definition) is 12. The maximum Gasteiger partial charge on any atom is 0.272 e. The standard InChI is InChI=1S/C44H48ClN9O6/c45-35-22-32(5-1-28(35)23-46)60-31-6-2-29(3-7-31)47-40(56)36-9-11-38(50-49-36)53-25-44(26-53)15-19-51(20-16-44)24-27-13-17-52(18-14-27)30-4-8-33-34(21-30)43(59)54(42(33)58)37-10-12-39(55)48-41(37)57/h1,4-5,8-9,11,21-22,27,29,31,37H,2-3,6-7,10,12-20,24-26H2,(H,47,56)(H,48,55,57). The summed E-state index contributed by atoms with van der Waals surface area (Å²) in [7, 11) is 0. The predicted molar refractivity (Wildman–Crippen MR) is 221 cm³/mol. The number of carbonyl (C=O) groups is 5. The summed E-state index contributed by atoms with van der Waals surface area (Å²) in [6.07, 6.45) is 7.81. The Morgan fingerprint density at radius 1 is 0.867 bits per heavy atom. The number of likely N-dealkylation sites (tertiary alicyclic amines) is 1. The van der Waals surface area contributed by atoms with Crippen LogP contribution in [-0.4, -0.2) is 114 Å². The van der Waals surface area contributed by atoms with Gasteiger partial charge in [0.15, 0.2) is 11.5 Å². The van der Waals surface area contributed by atoms with Gasteiger partial charge in [-0.05, 0) is 119 Å². The van der Waals surface area contributed by atoms with Crippen molar-refractivity contribution in [1.82, 2.24) is 30.6 Å². The molecule has 1 atom stereocenters. The number of nitrogens with one attached hydrogen (secondary N) is 2. The van der Waals surface area contributed by atoms with Gasteiger partial charge in [-0.15, -0.1) is 10.2 Å². The zero-order valence-corrected chi connectivity index (χ0v) is 34.2. The molecule has 6 heterocycles. The molecule has 312 valence electrons. The molecular weight excluding hydrogens is 786 g/mol. The van der Waals surface area contributed by atoms with E-state index in [0.717, 1.165) is 114 Å². The number of rotatable bonds is 9. The van der Waals surface area contributed by atoms with Crippen molar-refractivity contribution in [3.05, 3.63) is 75.9 Å². The number of ether oxygens (including phenoxy) is 1. The highest BCUT2D eigenvalue weighted by atomic mass is 35.5. The molecule has 1 saturated carbocycles. The number of nitriles is 1. The summed E-state index contributed by atoms with van der Waals surface area (Å²) in [6.45, 7) is 6.84. The Balaban J connectivity index is 0.683. The molecule has 4 saturated heterocycles. The van der Waals surface area contributed by atoms with Gasteiger partial charge in [0.25, 0.3) is 17.7 Å². The van der Waals surface area contributed by atoms with Gasteiger partial charge in [-0.3, -0.25) is 34.2 Å². The van der Waals surface area contributed by atoms with Crippen molar-refractivity contribution in [1.29, 1.82) is 5.26 Å². The Hall–Kier alpha value is -5.59. The minimum absolute atomic E-state index is 0.0250. The number of piperidine rings is 3. The molecule has 15 nitrogen and oxygen atoms in total. The molecule has 2 N–H and O–H groups in total. The third kappa shape index (κ3) is 8.02. The quantitative estimate of drug-likeness (QED) is 0.292. The normalized spacial score (nSPS) is 24.5. The molecule has 5 aliphatic heterocycles. The van der Waals surface area contributed by atoms with Crippen molar-refractivity contribution in [2.24, 2.45) is 11.3 Å². The van der Waals surface area contributed by atoms with Crippen LogP contribution in [0, 0.1) is 22.7 Å². The molecule has 3 aromatic rings. The van der Waals surface area contributed by atoms with Gasteiger partial charge in [0.1, 0.15) is 17.9 Å². The molecule has 1 aromatic heterocycles. The van der Waals surface area contributed by atoms with Crippen molar-refractivity contribution in [2.75, 3.05) is 55.6 Å². The van der Waals surface area contributed by atoms with E-state index in [9.17, 15) is 24.0 Å². The minimum Gasteiger partial charge on any atom is -0.490 e. The Bertz CT molecular complexity index is 2230. The fourth-order valence-electron chi connectivity index (χ4n) is 9.90. The van der Waals surface area contributed by atoms with Gasteiger partial charge < -0.3 is 24.8 Å². The van der Waals surface area contributed by atoms with Gasteiger partial charge in [-0.1, -0.05) is 11.6 Å². The molecule has 1 aliphatic carbocycles. The van der Waals surface area contributed by atoms with Gasteiger partial charge in [-0.2, -0.15) is 5.26 Å². The molecule has 2 aromatic carbocycles. The number of anilines is 2. The van der Waals surface area contributed by atoms with Crippen LogP contribution in [-0.2, 0) is 9.59 Å². The van der Waals surface area contributed by atoms with Crippen LogP contribution in [0.5, 0.6) is 5.75 Å². The summed E-state index contributed by atoms with van der Waals surface area (Å²) >= 11 is 6.15. The van der Waals surface area contributed by atoms with Gasteiger partial charge in [0.05, 0.1) is 27.8 Å². The average Bonchev–Trinajstić information content (AvgIpc) is 3.49. The van der Waals surface area contributed by atoms with Crippen molar-refractivity contribution in [3.8, 4) is 11.8 Å². The zero-order chi connectivity index (χ0) is 41.5. The minimum atomic E-state index is -0.967. The van der Waals surface area contributed by atoms with E-state index in [1.165, 1.54) is 0 Å². The van der Waals surface area contributed by atoms with Crippen LogP contribution in [0.1, 0.15) is 101 Å². The topological polar surface area (TPSA) is 181 Å². The molecule has 60 heavy (non-hydrogen) atoms. The molecule has 1 spiro atoms. The molecule has 0 radical (unpaired) electrons. The zero-order valence-electron chi connectivity index (χ0n) is 33.4. The second-order valence-corrected chi connectivity index (χ2v) is 17.8. The van der Waals surface area contributed by atoms with E-state index in [1.807, 2.05) is 12.1 Å². The summed E-state index contributed by atoms with van der Waals surface area (Å²) in [5.41, 5.74) is 2.55. The van der Waals surface area contributed by atoms with Crippen LogP contribution < -0.4 is 25.2 Å². The van der Waals surface area contributed by atoms with Gasteiger partial charge in [0.2, 0.25) is 11.8 Å². The van der Waals surface area contributed by atoms with E-state index >= 15 is 0 Å². The lowest BCUT2D eigenvalue weighted by molar-refractivity contribution is -0.136. The number of nitrogens with zero attached hydrogens (tertiary/aromatic N) is 7. The Morgan fingerprint density at radius 3 is 2.30 bits per heavy atom. The van der Waals surface area contributed by atoms with Crippen molar-refractivity contribution in [2.45, 2.75) is 82.4 Å². The lowest BCUT2D eigenvalue weighted by atomic mass is 9.72. The van der Waals surface area contributed by atoms with Crippen molar-refractivity contribution in [3.63, 3.8) is 0 Å². The van der Waals surface area contributed by atoms with E-state index in [4.69, 9.17) is 21.6 Å². The highest BCUT2D eigenvalue weighted by molar-refractivity contribution is 6.31. The van der Waals surface area contributed by atoms with E-state index in [-0.39, 0.29) is 42.2 Å². The van der Waals surface area contributed by atoms with Gasteiger partial charge in [0, 0.05) is 62.4 Å². The Morgan fingerprint density at radius 2 is 1.62 bits per heavy atom. The lowest BCUT2D eigenvalue weighted by Crippen LogP contribution is -2.61. The van der Waals surface area contributed by atoms with Crippen LogP contribution in [0.25, 0.3) is 0 Å². The van der Waals surface area contributed by atoms with Gasteiger partial charge in [-0.25, -0.2) is 0 Å². The number of carbonyl (C=O) groups excluding carboxylic acids is 5. The third-order valence-corrected chi connectivity index (χ3v) is 13.8. The van der Waals surface area contributed by atoms with Crippen LogP contribution in [0.15, 0.2) is 48.5 Å².